The van der Waals surface area contributed by atoms with Gasteiger partial charge in [0.1, 0.15) is 5.76 Å². The molecule has 0 aromatic heterocycles. The minimum absolute atomic E-state index is 0.00365. The van der Waals surface area contributed by atoms with E-state index in [0.717, 1.165) is 0 Å². The van der Waals surface area contributed by atoms with E-state index in [1.54, 1.807) is 32.9 Å². The molecule has 1 aromatic carbocycles. The van der Waals surface area contributed by atoms with E-state index in [0.29, 0.717) is 12.2 Å². The second-order valence-electron chi connectivity index (χ2n) is 4.32. The third-order valence-electron chi connectivity index (χ3n) is 2.60. The Kier molecular flexibility index (Phi) is 8.62. The molecule has 23 heavy (non-hydrogen) atoms. The SMILES string of the molecule is CCOC(=O)C/C=C(\OP(=O)(OCC)OCC)c1ccccc1. The highest BCUT2D eigenvalue weighted by Gasteiger charge is 2.28. The van der Waals surface area contributed by atoms with Crippen LogP contribution in [0.5, 0.6) is 0 Å². The van der Waals surface area contributed by atoms with Crippen LogP contribution < -0.4 is 0 Å². The number of hydrogen-bond donors (Lipinski definition) is 0. The van der Waals surface area contributed by atoms with Crippen molar-refractivity contribution in [1.82, 2.24) is 0 Å². The molecule has 0 aliphatic carbocycles. The highest BCUT2D eigenvalue weighted by molar-refractivity contribution is 7.48. The highest BCUT2D eigenvalue weighted by atomic mass is 31.2. The number of esters is 1. The summed E-state index contributed by atoms with van der Waals surface area (Å²) in [4.78, 5) is 11.5. The summed E-state index contributed by atoms with van der Waals surface area (Å²) in [6, 6.07) is 9.02. The van der Waals surface area contributed by atoms with Gasteiger partial charge in [0.2, 0.25) is 0 Å². The van der Waals surface area contributed by atoms with Gasteiger partial charge in [-0.25, -0.2) is 4.57 Å². The molecule has 0 unspecified atom stereocenters. The maximum absolute atomic E-state index is 12.5. The minimum Gasteiger partial charge on any atom is -0.466 e. The van der Waals surface area contributed by atoms with Crippen LogP contribution >= 0.6 is 7.82 Å². The smallest absolute Gasteiger partial charge is 0.466 e. The van der Waals surface area contributed by atoms with Crippen molar-refractivity contribution in [3.8, 4) is 0 Å². The molecule has 0 atom stereocenters. The van der Waals surface area contributed by atoms with Gasteiger partial charge in [-0.3, -0.25) is 13.8 Å². The first kappa shape index (κ1) is 19.4. The van der Waals surface area contributed by atoms with Gasteiger partial charge in [-0.1, -0.05) is 30.3 Å². The van der Waals surface area contributed by atoms with Crippen LogP contribution in [0.15, 0.2) is 36.4 Å². The van der Waals surface area contributed by atoms with Crippen molar-refractivity contribution in [2.24, 2.45) is 0 Å². The van der Waals surface area contributed by atoms with Crippen molar-refractivity contribution in [3.63, 3.8) is 0 Å². The molecule has 0 saturated heterocycles. The Morgan fingerprint density at radius 2 is 1.65 bits per heavy atom. The Morgan fingerprint density at radius 3 is 2.17 bits per heavy atom. The molecular weight excluding hydrogens is 319 g/mol. The summed E-state index contributed by atoms with van der Waals surface area (Å²) in [6.45, 7) is 5.77. The van der Waals surface area contributed by atoms with Gasteiger partial charge < -0.3 is 9.26 Å². The Hall–Kier alpha value is -1.62. The fourth-order valence-corrected chi connectivity index (χ4v) is 2.97. The standard InChI is InChI=1S/C16H23O6P/c1-4-19-16(17)13-12-15(14-10-8-7-9-11-14)22-23(18,20-5-2)21-6-3/h7-12H,4-6,13H2,1-3H3/b15-12-. The second kappa shape index (κ2) is 10.2. The van der Waals surface area contributed by atoms with E-state index in [2.05, 4.69) is 0 Å². The van der Waals surface area contributed by atoms with Crippen LogP contribution in [-0.2, 0) is 27.7 Å². The van der Waals surface area contributed by atoms with E-state index in [4.69, 9.17) is 18.3 Å². The van der Waals surface area contributed by atoms with Gasteiger partial charge in [-0.2, -0.15) is 0 Å². The summed E-state index contributed by atoms with van der Waals surface area (Å²) in [6.07, 6.45) is 1.51. The third-order valence-corrected chi connectivity index (χ3v) is 4.17. The maximum Gasteiger partial charge on any atom is 0.530 e. The fraction of sp³-hybridized carbons (Fsp3) is 0.438. The average Bonchev–Trinajstić information content (AvgIpc) is 2.53. The van der Waals surface area contributed by atoms with Crippen LogP contribution in [0.1, 0.15) is 32.8 Å². The maximum atomic E-state index is 12.5. The summed E-state index contributed by atoms with van der Waals surface area (Å²) >= 11 is 0. The lowest BCUT2D eigenvalue weighted by Gasteiger charge is -2.19. The molecule has 6 nitrogen and oxygen atoms in total. The molecule has 1 rings (SSSR count). The molecule has 0 N–H and O–H groups in total. The zero-order valence-electron chi connectivity index (χ0n) is 13.7. The summed E-state index contributed by atoms with van der Waals surface area (Å²) in [5.41, 5.74) is 0.663. The molecule has 0 fully saturated rings. The first-order valence-electron chi connectivity index (χ1n) is 7.54. The molecule has 0 amide bonds. The van der Waals surface area contributed by atoms with E-state index in [1.165, 1.54) is 6.08 Å². The Bertz CT molecular complexity index is 545. The largest absolute Gasteiger partial charge is 0.530 e. The normalized spacial score (nSPS) is 12.0. The van der Waals surface area contributed by atoms with E-state index in [1.807, 2.05) is 18.2 Å². The lowest BCUT2D eigenvalue weighted by Crippen LogP contribution is -2.04. The van der Waals surface area contributed by atoms with E-state index in [9.17, 15) is 9.36 Å². The Morgan fingerprint density at radius 1 is 1.04 bits per heavy atom. The molecule has 0 radical (unpaired) electrons. The number of phosphoric acid groups is 1. The van der Waals surface area contributed by atoms with Crippen LogP contribution in [-0.4, -0.2) is 25.8 Å². The zero-order valence-corrected chi connectivity index (χ0v) is 14.6. The van der Waals surface area contributed by atoms with Crippen LogP contribution in [0.3, 0.4) is 0 Å². The van der Waals surface area contributed by atoms with Crippen molar-refractivity contribution < 1.29 is 27.7 Å². The number of hydrogen-bond acceptors (Lipinski definition) is 6. The fourth-order valence-electron chi connectivity index (χ4n) is 1.73. The van der Waals surface area contributed by atoms with E-state index < -0.39 is 13.8 Å². The van der Waals surface area contributed by atoms with Gasteiger partial charge >= 0.3 is 13.8 Å². The number of rotatable bonds is 10. The molecule has 0 spiro atoms. The molecule has 0 aliphatic heterocycles. The average molecular weight is 342 g/mol. The van der Waals surface area contributed by atoms with Gasteiger partial charge in [-0.05, 0) is 26.8 Å². The van der Waals surface area contributed by atoms with Crippen LogP contribution in [0.2, 0.25) is 0 Å². The van der Waals surface area contributed by atoms with Crippen molar-refractivity contribution in [1.29, 1.82) is 0 Å². The lowest BCUT2D eigenvalue weighted by atomic mass is 10.1. The molecule has 0 heterocycles. The first-order chi connectivity index (χ1) is 11.0. The molecular formula is C16H23O6P. The zero-order chi connectivity index (χ0) is 17.1. The topological polar surface area (TPSA) is 71.1 Å². The number of carbonyl (C=O) groups excluding carboxylic acids is 1. The van der Waals surface area contributed by atoms with Crippen LogP contribution in [0.25, 0.3) is 5.76 Å². The molecule has 1 aromatic rings. The van der Waals surface area contributed by atoms with E-state index in [-0.39, 0.29) is 25.4 Å². The minimum atomic E-state index is -3.74. The first-order valence-corrected chi connectivity index (χ1v) is 9.00. The molecule has 0 aliphatic rings. The second-order valence-corrected chi connectivity index (χ2v) is 5.91. The van der Waals surface area contributed by atoms with Crippen LogP contribution in [0, 0.1) is 0 Å². The highest BCUT2D eigenvalue weighted by Crippen LogP contribution is 2.52. The molecule has 7 heteroatoms. The molecule has 0 saturated carbocycles. The van der Waals surface area contributed by atoms with Gasteiger partial charge in [0.25, 0.3) is 0 Å². The lowest BCUT2D eigenvalue weighted by molar-refractivity contribution is -0.142. The van der Waals surface area contributed by atoms with Crippen LogP contribution in [0.4, 0.5) is 0 Å². The monoisotopic (exact) mass is 342 g/mol. The number of ether oxygens (including phenoxy) is 1. The predicted octanol–water partition coefficient (Wildman–Crippen LogP) is 4.18. The quantitative estimate of drug-likeness (QED) is 0.361. The van der Waals surface area contributed by atoms with Crippen molar-refractivity contribution in [3.05, 3.63) is 42.0 Å². The van der Waals surface area contributed by atoms with Gasteiger partial charge in [0, 0.05) is 5.56 Å². The van der Waals surface area contributed by atoms with Crippen molar-refractivity contribution >= 4 is 19.6 Å². The van der Waals surface area contributed by atoms with Crippen molar-refractivity contribution in [2.75, 3.05) is 19.8 Å². The molecule has 128 valence electrons. The van der Waals surface area contributed by atoms with E-state index >= 15 is 0 Å². The summed E-state index contributed by atoms with van der Waals surface area (Å²) in [5.74, 6) is -0.143. The summed E-state index contributed by atoms with van der Waals surface area (Å²) in [5, 5.41) is 0. The number of phosphoric ester groups is 1. The Balaban J connectivity index is 3.01. The summed E-state index contributed by atoms with van der Waals surface area (Å²) < 4.78 is 33.2. The van der Waals surface area contributed by atoms with Gasteiger partial charge in [-0.15, -0.1) is 0 Å². The van der Waals surface area contributed by atoms with Gasteiger partial charge in [0.15, 0.2) is 0 Å². The number of carbonyl (C=O) groups is 1. The number of benzene rings is 1. The van der Waals surface area contributed by atoms with Crippen molar-refractivity contribution in [2.45, 2.75) is 27.2 Å². The third kappa shape index (κ3) is 6.99. The molecule has 0 bridgehead atoms. The predicted molar refractivity (Wildman–Crippen MR) is 87.6 cm³/mol. The van der Waals surface area contributed by atoms with Gasteiger partial charge in [0.05, 0.1) is 26.2 Å². The Labute approximate surface area is 137 Å². The summed E-state index contributed by atoms with van der Waals surface area (Å²) in [7, 11) is -3.74.